The van der Waals surface area contributed by atoms with Crippen LogP contribution in [0.15, 0.2) is 76.2 Å². The van der Waals surface area contributed by atoms with Crippen LogP contribution in [-0.4, -0.2) is 15.1 Å². The Bertz CT molecular complexity index is 959. The number of hydrogen-bond donors (Lipinski definition) is 0. The van der Waals surface area contributed by atoms with Crippen LogP contribution in [0.5, 0.6) is 5.75 Å². The lowest BCUT2D eigenvalue weighted by Gasteiger charge is -2.18. The number of hydrogen-bond acceptors (Lipinski definition) is 5. The van der Waals surface area contributed by atoms with E-state index in [1.54, 1.807) is 6.20 Å². The third kappa shape index (κ3) is 2.76. The average molecular weight is 382 g/mol. The second-order valence-electron chi connectivity index (χ2n) is 5.15. The highest BCUT2D eigenvalue weighted by Crippen LogP contribution is 2.36. The van der Waals surface area contributed by atoms with Gasteiger partial charge in [0.05, 0.1) is 9.99 Å². The summed E-state index contributed by atoms with van der Waals surface area (Å²) in [7, 11) is 0. The SMILES string of the molecule is Brc1c(OC(c2ccccc2)c2ncon2)ccc2ncccc12. The molecule has 0 aliphatic carbocycles. The Morgan fingerprint density at radius 2 is 1.83 bits per heavy atom. The quantitative estimate of drug-likeness (QED) is 0.518. The van der Waals surface area contributed by atoms with Gasteiger partial charge in [-0.1, -0.05) is 41.6 Å². The smallest absolute Gasteiger partial charge is 0.217 e. The summed E-state index contributed by atoms with van der Waals surface area (Å²) < 4.78 is 12.0. The van der Waals surface area contributed by atoms with Crippen LogP contribution in [0.1, 0.15) is 17.5 Å². The van der Waals surface area contributed by atoms with Crippen molar-refractivity contribution in [1.29, 1.82) is 0 Å². The summed E-state index contributed by atoms with van der Waals surface area (Å²) in [5, 5.41) is 4.92. The molecule has 1 atom stereocenters. The molecule has 0 spiro atoms. The lowest BCUT2D eigenvalue weighted by atomic mass is 10.1. The lowest BCUT2D eigenvalue weighted by Crippen LogP contribution is -2.11. The number of nitrogens with zero attached hydrogens (tertiary/aromatic N) is 3. The monoisotopic (exact) mass is 381 g/mol. The molecule has 0 N–H and O–H groups in total. The maximum atomic E-state index is 6.22. The predicted molar refractivity (Wildman–Crippen MR) is 92.7 cm³/mol. The molecule has 0 radical (unpaired) electrons. The lowest BCUT2D eigenvalue weighted by molar-refractivity contribution is 0.229. The minimum absolute atomic E-state index is 0.463. The van der Waals surface area contributed by atoms with Crippen LogP contribution >= 0.6 is 15.9 Å². The summed E-state index contributed by atoms with van der Waals surface area (Å²) in [6, 6.07) is 17.5. The number of aromatic nitrogens is 3. The van der Waals surface area contributed by atoms with Gasteiger partial charge >= 0.3 is 0 Å². The Morgan fingerprint density at radius 3 is 2.62 bits per heavy atom. The number of fused-ring (bicyclic) bond motifs is 1. The van der Waals surface area contributed by atoms with E-state index in [2.05, 4.69) is 31.1 Å². The molecule has 2 aromatic heterocycles. The van der Waals surface area contributed by atoms with Crippen molar-refractivity contribution >= 4 is 26.8 Å². The van der Waals surface area contributed by atoms with Gasteiger partial charge in [-0.3, -0.25) is 4.98 Å². The molecule has 0 amide bonds. The first-order valence-electron chi connectivity index (χ1n) is 7.34. The maximum absolute atomic E-state index is 6.22. The molecule has 0 saturated heterocycles. The van der Waals surface area contributed by atoms with E-state index in [1.807, 2.05) is 54.6 Å². The van der Waals surface area contributed by atoms with Crippen molar-refractivity contribution in [2.75, 3.05) is 0 Å². The first kappa shape index (κ1) is 14.8. The Morgan fingerprint density at radius 1 is 0.958 bits per heavy atom. The molecule has 0 fully saturated rings. The third-order valence-corrected chi connectivity index (χ3v) is 4.46. The summed E-state index contributed by atoms with van der Waals surface area (Å²) in [5.41, 5.74) is 1.84. The van der Waals surface area contributed by atoms with E-state index in [0.29, 0.717) is 11.6 Å². The molecule has 6 heteroatoms. The third-order valence-electron chi connectivity index (χ3n) is 3.64. The van der Waals surface area contributed by atoms with E-state index < -0.39 is 6.10 Å². The van der Waals surface area contributed by atoms with Crippen LogP contribution in [0.2, 0.25) is 0 Å². The maximum Gasteiger partial charge on any atom is 0.217 e. The van der Waals surface area contributed by atoms with Crippen molar-refractivity contribution in [1.82, 2.24) is 15.1 Å². The van der Waals surface area contributed by atoms with Gasteiger partial charge in [-0.2, -0.15) is 4.98 Å². The zero-order valence-electron chi connectivity index (χ0n) is 12.5. The molecular weight excluding hydrogens is 370 g/mol. The van der Waals surface area contributed by atoms with Gasteiger partial charge in [0.15, 0.2) is 6.10 Å². The van der Waals surface area contributed by atoms with Crippen molar-refractivity contribution < 1.29 is 9.26 Å². The van der Waals surface area contributed by atoms with Crippen LogP contribution < -0.4 is 4.74 Å². The zero-order valence-corrected chi connectivity index (χ0v) is 14.1. The van der Waals surface area contributed by atoms with Crippen molar-refractivity contribution in [2.24, 2.45) is 0 Å². The predicted octanol–water partition coefficient (Wildman–Crippen LogP) is 4.55. The van der Waals surface area contributed by atoms with Crippen LogP contribution in [0.4, 0.5) is 0 Å². The Balaban J connectivity index is 1.77. The Hall–Kier alpha value is -2.73. The number of halogens is 1. The number of benzene rings is 2. The van der Waals surface area contributed by atoms with E-state index in [-0.39, 0.29) is 0 Å². The highest BCUT2D eigenvalue weighted by Gasteiger charge is 2.22. The standard InChI is InChI=1S/C18H12BrN3O2/c19-16-13-7-4-10-20-14(13)8-9-15(16)24-17(18-21-11-23-22-18)12-5-2-1-3-6-12/h1-11,17H. The average Bonchev–Trinajstić information content (AvgIpc) is 3.16. The minimum atomic E-state index is -0.463. The van der Waals surface area contributed by atoms with Gasteiger partial charge in [0, 0.05) is 17.1 Å². The molecule has 0 aliphatic heterocycles. The molecule has 1 unspecified atom stereocenters. The van der Waals surface area contributed by atoms with E-state index in [4.69, 9.17) is 9.26 Å². The Kier molecular flexibility index (Phi) is 3.96. The highest BCUT2D eigenvalue weighted by atomic mass is 79.9. The summed E-state index contributed by atoms with van der Waals surface area (Å²) >= 11 is 3.62. The fourth-order valence-electron chi connectivity index (χ4n) is 2.51. The van der Waals surface area contributed by atoms with Crippen LogP contribution in [-0.2, 0) is 0 Å². The van der Waals surface area contributed by atoms with Crippen LogP contribution in [0, 0.1) is 0 Å². The van der Waals surface area contributed by atoms with Gasteiger partial charge in [-0.25, -0.2) is 0 Å². The summed E-state index contributed by atoms with van der Waals surface area (Å²) in [5.74, 6) is 1.16. The van der Waals surface area contributed by atoms with Crippen molar-refractivity contribution in [3.63, 3.8) is 0 Å². The zero-order chi connectivity index (χ0) is 16.4. The van der Waals surface area contributed by atoms with E-state index in [0.717, 1.165) is 20.9 Å². The van der Waals surface area contributed by atoms with E-state index >= 15 is 0 Å². The molecule has 4 aromatic rings. The van der Waals surface area contributed by atoms with Crippen molar-refractivity contribution in [3.05, 3.63) is 83.0 Å². The molecule has 0 aliphatic rings. The minimum Gasteiger partial charge on any atom is -0.476 e. The first-order valence-corrected chi connectivity index (χ1v) is 8.13. The van der Waals surface area contributed by atoms with Crippen LogP contribution in [0.25, 0.3) is 10.9 Å². The van der Waals surface area contributed by atoms with Crippen LogP contribution in [0.3, 0.4) is 0 Å². The molecule has 0 bridgehead atoms. The summed E-state index contributed by atoms with van der Waals surface area (Å²) in [4.78, 5) is 8.50. The number of rotatable bonds is 4. The fraction of sp³-hybridized carbons (Fsp3) is 0.0556. The van der Waals surface area contributed by atoms with E-state index in [9.17, 15) is 0 Å². The van der Waals surface area contributed by atoms with Crippen molar-refractivity contribution in [3.8, 4) is 5.75 Å². The highest BCUT2D eigenvalue weighted by molar-refractivity contribution is 9.10. The van der Waals surface area contributed by atoms with Gasteiger partial charge in [0.2, 0.25) is 12.2 Å². The van der Waals surface area contributed by atoms with Gasteiger partial charge in [-0.05, 0) is 34.1 Å². The molecule has 2 aromatic carbocycles. The molecular formula is C18H12BrN3O2. The molecule has 2 heterocycles. The molecule has 24 heavy (non-hydrogen) atoms. The molecule has 118 valence electrons. The first-order chi connectivity index (χ1) is 11.8. The van der Waals surface area contributed by atoms with Gasteiger partial charge in [0.25, 0.3) is 0 Å². The summed E-state index contributed by atoms with van der Waals surface area (Å²) in [6.45, 7) is 0. The fourth-order valence-corrected chi connectivity index (χ4v) is 3.07. The Labute approximate surface area is 146 Å². The van der Waals surface area contributed by atoms with Gasteiger partial charge in [-0.15, -0.1) is 0 Å². The molecule has 5 nitrogen and oxygen atoms in total. The largest absolute Gasteiger partial charge is 0.476 e. The number of ether oxygens (including phenoxy) is 1. The van der Waals surface area contributed by atoms with Crippen molar-refractivity contribution in [2.45, 2.75) is 6.10 Å². The normalized spacial score (nSPS) is 12.2. The van der Waals surface area contributed by atoms with E-state index in [1.165, 1.54) is 6.39 Å². The summed E-state index contributed by atoms with van der Waals surface area (Å²) in [6.07, 6.45) is 2.60. The molecule has 4 rings (SSSR count). The van der Waals surface area contributed by atoms with Gasteiger partial charge in [0.1, 0.15) is 5.75 Å². The second-order valence-corrected chi connectivity index (χ2v) is 5.94. The second kappa shape index (κ2) is 6.41. The van der Waals surface area contributed by atoms with Gasteiger partial charge < -0.3 is 9.26 Å². The molecule has 0 saturated carbocycles. The topological polar surface area (TPSA) is 61.0 Å². The number of pyridine rings is 1.